The summed E-state index contributed by atoms with van der Waals surface area (Å²) in [5, 5.41) is 11.7. The van der Waals surface area contributed by atoms with E-state index in [1.807, 2.05) is 44.2 Å². The van der Waals surface area contributed by atoms with E-state index in [4.69, 9.17) is 11.6 Å². The Morgan fingerprint density at radius 1 is 1.00 bits per heavy atom. The molecule has 7 nitrogen and oxygen atoms in total. The third kappa shape index (κ3) is 5.98. The minimum atomic E-state index is -3.67. The monoisotopic (exact) mass is 540 g/mol. The molecule has 0 aliphatic carbocycles. The van der Waals surface area contributed by atoms with Crippen LogP contribution in [0.15, 0.2) is 88.9 Å². The lowest BCUT2D eigenvalue weighted by atomic mass is 10.2. The number of sulfone groups is 1. The summed E-state index contributed by atoms with van der Waals surface area (Å²) in [6.45, 7) is 3.80. The first-order valence-electron chi connectivity index (χ1n) is 11.3. The first-order chi connectivity index (χ1) is 17.3. The Balaban J connectivity index is 1.65. The van der Waals surface area contributed by atoms with Crippen LogP contribution in [-0.2, 0) is 20.4 Å². The van der Waals surface area contributed by atoms with E-state index in [9.17, 15) is 13.2 Å². The van der Waals surface area contributed by atoms with Crippen molar-refractivity contribution in [3.8, 4) is 5.69 Å². The Hall–Kier alpha value is -3.14. The van der Waals surface area contributed by atoms with Gasteiger partial charge in [0.2, 0.25) is 5.91 Å². The van der Waals surface area contributed by atoms with Gasteiger partial charge in [-0.15, -0.1) is 10.2 Å². The van der Waals surface area contributed by atoms with Crippen LogP contribution in [0.4, 0.5) is 5.69 Å². The van der Waals surface area contributed by atoms with Crippen LogP contribution in [0.3, 0.4) is 0 Å². The number of para-hydroxylation sites is 2. The van der Waals surface area contributed by atoms with Crippen molar-refractivity contribution in [1.82, 2.24) is 14.8 Å². The third-order valence-electron chi connectivity index (χ3n) is 5.46. The van der Waals surface area contributed by atoms with Crippen LogP contribution in [0.5, 0.6) is 0 Å². The number of carbonyl (C=O) groups is 1. The standard InChI is InChI=1S/C26H25ClN4O3S2/c1-3-23(25(32)28-22-12-8-7-11-21(22)27)35-26-30-29-24(31(26)19-9-5-4-6-10-19)17-36(33,34)20-15-13-18(2)14-16-20/h4-16,23H,3,17H2,1-2H3,(H,28,32). The molecule has 1 amide bonds. The molecule has 0 aliphatic heterocycles. The van der Waals surface area contributed by atoms with Crippen LogP contribution in [0.2, 0.25) is 5.02 Å². The number of aromatic nitrogens is 3. The summed E-state index contributed by atoms with van der Waals surface area (Å²) in [6.07, 6.45) is 0.513. The third-order valence-corrected chi connectivity index (χ3v) is 8.72. The average Bonchev–Trinajstić information content (AvgIpc) is 3.25. The van der Waals surface area contributed by atoms with Crippen molar-refractivity contribution in [3.05, 3.63) is 95.3 Å². The molecule has 4 rings (SSSR count). The molecule has 1 unspecified atom stereocenters. The maximum Gasteiger partial charge on any atom is 0.238 e. The van der Waals surface area contributed by atoms with Crippen LogP contribution in [0.25, 0.3) is 5.69 Å². The highest BCUT2D eigenvalue weighted by Crippen LogP contribution is 2.30. The number of rotatable bonds is 9. The number of aryl methyl sites for hydroxylation is 1. The van der Waals surface area contributed by atoms with E-state index in [0.29, 0.717) is 28.0 Å². The molecule has 36 heavy (non-hydrogen) atoms. The van der Waals surface area contributed by atoms with Gasteiger partial charge in [0.15, 0.2) is 20.8 Å². The summed E-state index contributed by atoms with van der Waals surface area (Å²) in [4.78, 5) is 13.3. The lowest BCUT2D eigenvalue weighted by Crippen LogP contribution is -2.25. The van der Waals surface area contributed by atoms with E-state index < -0.39 is 15.1 Å². The predicted molar refractivity (Wildman–Crippen MR) is 143 cm³/mol. The van der Waals surface area contributed by atoms with Gasteiger partial charge in [0.05, 0.1) is 20.9 Å². The molecule has 186 valence electrons. The van der Waals surface area contributed by atoms with Crippen LogP contribution < -0.4 is 5.32 Å². The molecule has 3 aromatic carbocycles. The number of halogens is 1. The lowest BCUT2D eigenvalue weighted by molar-refractivity contribution is -0.115. The molecular formula is C26H25ClN4O3S2. The zero-order valence-electron chi connectivity index (χ0n) is 19.8. The van der Waals surface area contributed by atoms with Gasteiger partial charge in [0.25, 0.3) is 0 Å². The van der Waals surface area contributed by atoms with Crippen LogP contribution in [0, 0.1) is 6.92 Å². The molecule has 1 heterocycles. The Labute approximate surface area is 219 Å². The maximum atomic E-state index is 13.2. The Morgan fingerprint density at radius 2 is 1.67 bits per heavy atom. The number of anilines is 1. The number of hydrogen-bond acceptors (Lipinski definition) is 6. The predicted octanol–water partition coefficient (Wildman–Crippen LogP) is 5.71. The van der Waals surface area contributed by atoms with Gasteiger partial charge in [-0.3, -0.25) is 9.36 Å². The van der Waals surface area contributed by atoms with Gasteiger partial charge < -0.3 is 5.32 Å². The van der Waals surface area contributed by atoms with Crippen molar-refractivity contribution >= 4 is 44.8 Å². The Bertz CT molecular complexity index is 1460. The van der Waals surface area contributed by atoms with Gasteiger partial charge in [0, 0.05) is 5.69 Å². The molecule has 0 radical (unpaired) electrons. The second kappa shape index (κ2) is 11.3. The van der Waals surface area contributed by atoms with E-state index in [-0.39, 0.29) is 22.4 Å². The molecule has 0 aliphatic rings. The van der Waals surface area contributed by atoms with E-state index in [1.54, 1.807) is 53.1 Å². The van der Waals surface area contributed by atoms with Crippen LogP contribution in [-0.4, -0.2) is 34.3 Å². The summed E-state index contributed by atoms with van der Waals surface area (Å²) in [7, 11) is -3.67. The van der Waals surface area contributed by atoms with Crippen LogP contribution in [0.1, 0.15) is 24.7 Å². The zero-order valence-corrected chi connectivity index (χ0v) is 22.1. The summed E-state index contributed by atoms with van der Waals surface area (Å²) in [6, 6.07) is 23.0. The first kappa shape index (κ1) is 25.9. The van der Waals surface area contributed by atoms with Gasteiger partial charge in [0.1, 0.15) is 5.75 Å². The van der Waals surface area contributed by atoms with Crippen molar-refractivity contribution in [2.24, 2.45) is 0 Å². The number of nitrogens with zero attached hydrogens (tertiary/aromatic N) is 3. The number of benzene rings is 3. The number of thioether (sulfide) groups is 1. The second-order valence-corrected chi connectivity index (χ2v) is 11.7. The lowest BCUT2D eigenvalue weighted by Gasteiger charge is -2.16. The van der Waals surface area contributed by atoms with E-state index in [0.717, 1.165) is 5.56 Å². The molecular weight excluding hydrogens is 516 g/mol. The summed E-state index contributed by atoms with van der Waals surface area (Å²) < 4.78 is 28.0. The molecule has 10 heteroatoms. The van der Waals surface area contributed by atoms with Crippen molar-refractivity contribution in [2.75, 3.05) is 5.32 Å². The van der Waals surface area contributed by atoms with Gasteiger partial charge in [-0.1, -0.05) is 78.3 Å². The van der Waals surface area contributed by atoms with Crippen LogP contribution >= 0.6 is 23.4 Å². The summed E-state index contributed by atoms with van der Waals surface area (Å²) in [5.74, 6) is -0.293. The molecule has 0 spiro atoms. The second-order valence-electron chi connectivity index (χ2n) is 8.13. The molecule has 1 atom stereocenters. The normalized spacial score (nSPS) is 12.3. The number of amides is 1. The highest BCUT2D eigenvalue weighted by Gasteiger charge is 2.26. The highest BCUT2D eigenvalue weighted by atomic mass is 35.5. The first-order valence-corrected chi connectivity index (χ1v) is 14.2. The summed E-state index contributed by atoms with van der Waals surface area (Å²) >= 11 is 7.43. The van der Waals surface area contributed by atoms with Crippen molar-refractivity contribution in [1.29, 1.82) is 0 Å². The summed E-state index contributed by atoms with van der Waals surface area (Å²) in [5.41, 5.74) is 2.21. The van der Waals surface area contributed by atoms with Gasteiger partial charge in [-0.2, -0.15) is 0 Å². The minimum absolute atomic E-state index is 0.218. The van der Waals surface area contributed by atoms with E-state index >= 15 is 0 Å². The van der Waals surface area contributed by atoms with Gasteiger partial charge in [-0.05, 0) is 49.7 Å². The van der Waals surface area contributed by atoms with E-state index in [2.05, 4.69) is 15.5 Å². The SMILES string of the molecule is CCC(Sc1nnc(CS(=O)(=O)c2ccc(C)cc2)n1-c1ccccc1)C(=O)Nc1ccccc1Cl. The number of nitrogens with one attached hydrogen (secondary N) is 1. The fourth-order valence-electron chi connectivity index (χ4n) is 3.53. The quantitative estimate of drug-likeness (QED) is 0.273. The van der Waals surface area contributed by atoms with Crippen molar-refractivity contribution in [3.63, 3.8) is 0 Å². The van der Waals surface area contributed by atoms with E-state index in [1.165, 1.54) is 11.8 Å². The zero-order chi connectivity index (χ0) is 25.7. The van der Waals surface area contributed by atoms with Crippen molar-refractivity contribution < 1.29 is 13.2 Å². The van der Waals surface area contributed by atoms with Gasteiger partial charge in [-0.25, -0.2) is 8.42 Å². The Kier molecular flexibility index (Phi) is 8.13. The molecule has 0 saturated heterocycles. The molecule has 0 bridgehead atoms. The molecule has 0 saturated carbocycles. The molecule has 1 aromatic heterocycles. The van der Waals surface area contributed by atoms with Gasteiger partial charge >= 0.3 is 0 Å². The van der Waals surface area contributed by atoms with Crippen molar-refractivity contribution in [2.45, 2.75) is 41.3 Å². The smallest absolute Gasteiger partial charge is 0.238 e. The number of carbonyl (C=O) groups excluding carboxylic acids is 1. The topological polar surface area (TPSA) is 93.9 Å². The maximum absolute atomic E-state index is 13.2. The average molecular weight is 541 g/mol. The molecule has 0 fully saturated rings. The molecule has 1 N–H and O–H groups in total. The largest absolute Gasteiger partial charge is 0.324 e. The fraction of sp³-hybridized carbons (Fsp3) is 0.192. The highest BCUT2D eigenvalue weighted by molar-refractivity contribution is 8.00. The molecule has 4 aromatic rings. The Morgan fingerprint density at radius 3 is 2.33 bits per heavy atom. The fourth-order valence-corrected chi connectivity index (χ4v) is 5.95. The minimum Gasteiger partial charge on any atom is -0.324 e. The number of hydrogen-bond donors (Lipinski definition) is 1.